The van der Waals surface area contributed by atoms with Crippen LogP contribution in [-0.2, 0) is 21.5 Å². The molecule has 2 heterocycles. The number of carbonyl (C=O) groups excluding carboxylic acids is 2. The predicted octanol–water partition coefficient (Wildman–Crippen LogP) is 4.14. The van der Waals surface area contributed by atoms with Crippen molar-refractivity contribution in [2.75, 3.05) is 0 Å². The van der Waals surface area contributed by atoms with E-state index in [1.165, 1.54) is 12.1 Å². The Morgan fingerprint density at radius 1 is 1.14 bits per heavy atom. The highest BCUT2D eigenvalue weighted by atomic mass is 19.3. The van der Waals surface area contributed by atoms with Gasteiger partial charge >= 0.3 is 6.43 Å². The second-order valence-corrected chi connectivity index (χ2v) is 10.2. The highest BCUT2D eigenvalue weighted by molar-refractivity contribution is 5.99. The maximum atomic E-state index is 13.5. The van der Waals surface area contributed by atoms with Crippen molar-refractivity contribution in [3.05, 3.63) is 70.5 Å². The molecule has 2 unspecified atom stereocenters. The van der Waals surface area contributed by atoms with Gasteiger partial charge in [-0.1, -0.05) is 37.1 Å². The summed E-state index contributed by atoms with van der Waals surface area (Å²) in [5.74, 6) is -1.22. The fourth-order valence-electron chi connectivity index (χ4n) is 5.81. The third-order valence-corrected chi connectivity index (χ3v) is 8.01. The molecule has 7 nitrogen and oxygen atoms in total. The van der Waals surface area contributed by atoms with Crippen molar-refractivity contribution < 1.29 is 27.5 Å². The highest BCUT2D eigenvalue weighted by Crippen LogP contribution is 2.48. The van der Waals surface area contributed by atoms with Gasteiger partial charge in [0, 0.05) is 23.7 Å². The van der Waals surface area contributed by atoms with E-state index in [9.17, 15) is 22.8 Å². The molecule has 2 aliphatic heterocycles. The Hall–Kier alpha value is -3.56. The van der Waals surface area contributed by atoms with Crippen LogP contribution in [0.5, 0.6) is 0 Å². The van der Waals surface area contributed by atoms with Gasteiger partial charge in [0.25, 0.3) is 11.8 Å². The molecule has 2 aromatic carbocycles. The molecule has 10 heteroatoms. The van der Waals surface area contributed by atoms with Crippen LogP contribution in [0, 0.1) is 5.82 Å². The monoisotopic (exact) mass is 512 g/mol. The summed E-state index contributed by atoms with van der Waals surface area (Å²) in [5.41, 5.74) is 4.63. The lowest BCUT2D eigenvalue weighted by Crippen LogP contribution is -2.55. The summed E-state index contributed by atoms with van der Waals surface area (Å²) in [6.45, 7) is 0.423. The van der Waals surface area contributed by atoms with Crippen molar-refractivity contribution in [1.29, 1.82) is 0 Å². The van der Waals surface area contributed by atoms with Crippen LogP contribution in [0.2, 0.25) is 0 Å². The SMILES string of the molecule is O=C1c2cc(C3NN=C(C(F)F)O3)ccc2CN1C1CCCC[C@H]1NC(=O)C1(c2ccc(F)cc2)CC1. The zero-order valence-corrected chi connectivity index (χ0v) is 20.1. The summed E-state index contributed by atoms with van der Waals surface area (Å²) >= 11 is 0. The molecule has 194 valence electrons. The summed E-state index contributed by atoms with van der Waals surface area (Å²) in [6.07, 6.45) is 1.20. The lowest BCUT2D eigenvalue weighted by atomic mass is 9.87. The van der Waals surface area contributed by atoms with Gasteiger partial charge in [-0.05, 0) is 55.0 Å². The smallest absolute Gasteiger partial charge is 0.314 e. The van der Waals surface area contributed by atoms with Gasteiger partial charge in [-0.3, -0.25) is 15.0 Å². The number of fused-ring (bicyclic) bond motifs is 1. The molecular weight excluding hydrogens is 485 g/mol. The molecule has 3 atom stereocenters. The number of hydrogen-bond donors (Lipinski definition) is 2. The second-order valence-electron chi connectivity index (χ2n) is 10.2. The number of halogens is 3. The van der Waals surface area contributed by atoms with Crippen LogP contribution < -0.4 is 10.7 Å². The number of nitrogens with one attached hydrogen (secondary N) is 2. The Morgan fingerprint density at radius 2 is 1.89 bits per heavy atom. The van der Waals surface area contributed by atoms with E-state index in [0.717, 1.165) is 36.8 Å². The lowest BCUT2D eigenvalue weighted by Gasteiger charge is -2.39. The van der Waals surface area contributed by atoms with E-state index >= 15 is 0 Å². The Bertz CT molecular complexity index is 1260. The third kappa shape index (κ3) is 4.22. The van der Waals surface area contributed by atoms with Crippen LogP contribution in [0.25, 0.3) is 0 Å². The van der Waals surface area contributed by atoms with Crippen molar-refractivity contribution >= 4 is 17.7 Å². The fourth-order valence-corrected chi connectivity index (χ4v) is 5.81. The standard InChI is InChI=1S/C27H27F3N4O3/c28-18-9-7-17(8-10-18)27(11-12-27)26(36)31-20-3-1-2-4-21(20)34-14-16-6-5-15(13-19(16)25(34)35)23-32-33-24(37-23)22(29)30/h5-10,13,20-23,32H,1-4,11-12,14H2,(H,31,36)/t20-,21?,23?/m1/s1. The van der Waals surface area contributed by atoms with Crippen LogP contribution in [0.4, 0.5) is 13.2 Å². The Kier molecular flexibility index (Phi) is 5.84. The molecular formula is C27H27F3N4O3. The van der Waals surface area contributed by atoms with Crippen molar-refractivity contribution in [3.63, 3.8) is 0 Å². The number of hydrazone groups is 1. The normalized spacial score (nSPS) is 25.8. The lowest BCUT2D eigenvalue weighted by molar-refractivity contribution is -0.125. The van der Waals surface area contributed by atoms with Crippen LogP contribution >= 0.6 is 0 Å². The molecule has 0 saturated heterocycles. The van der Waals surface area contributed by atoms with Gasteiger partial charge in [0.05, 0.1) is 11.5 Å². The van der Waals surface area contributed by atoms with E-state index in [-0.39, 0.29) is 29.7 Å². The van der Waals surface area contributed by atoms with E-state index in [2.05, 4.69) is 15.8 Å². The first-order chi connectivity index (χ1) is 17.9. The van der Waals surface area contributed by atoms with E-state index in [0.29, 0.717) is 30.5 Å². The van der Waals surface area contributed by atoms with Crippen molar-refractivity contribution in [1.82, 2.24) is 15.6 Å². The van der Waals surface area contributed by atoms with Gasteiger partial charge in [-0.2, -0.15) is 8.78 Å². The molecule has 37 heavy (non-hydrogen) atoms. The van der Waals surface area contributed by atoms with Crippen molar-refractivity contribution in [3.8, 4) is 0 Å². The summed E-state index contributed by atoms with van der Waals surface area (Å²) in [4.78, 5) is 28.7. The van der Waals surface area contributed by atoms with Gasteiger partial charge in [0.15, 0.2) is 0 Å². The molecule has 2 aromatic rings. The number of alkyl halides is 2. The Balaban J connectivity index is 1.17. The number of amides is 2. The topological polar surface area (TPSA) is 83.0 Å². The summed E-state index contributed by atoms with van der Waals surface area (Å²) < 4.78 is 44.4. The molecule has 2 amide bonds. The van der Waals surface area contributed by atoms with E-state index < -0.39 is 24.0 Å². The molecule has 0 spiro atoms. The molecule has 0 aromatic heterocycles. The van der Waals surface area contributed by atoms with E-state index in [1.807, 2.05) is 11.0 Å². The van der Waals surface area contributed by atoms with Crippen LogP contribution in [0.3, 0.4) is 0 Å². The van der Waals surface area contributed by atoms with E-state index in [4.69, 9.17) is 4.74 Å². The summed E-state index contributed by atoms with van der Waals surface area (Å²) in [5, 5.41) is 6.76. The largest absolute Gasteiger partial charge is 0.446 e. The van der Waals surface area contributed by atoms with Crippen LogP contribution in [-0.4, -0.2) is 41.1 Å². The minimum absolute atomic E-state index is 0.0678. The van der Waals surface area contributed by atoms with Crippen LogP contribution in [0.1, 0.15) is 71.8 Å². The number of carbonyl (C=O) groups is 2. The van der Waals surface area contributed by atoms with Gasteiger partial charge in [-0.15, -0.1) is 5.10 Å². The number of hydrogen-bond acceptors (Lipinski definition) is 5. The molecule has 6 rings (SSSR count). The number of rotatable bonds is 6. The van der Waals surface area contributed by atoms with Gasteiger partial charge < -0.3 is 15.0 Å². The number of ether oxygens (including phenoxy) is 1. The van der Waals surface area contributed by atoms with Crippen molar-refractivity contribution in [2.24, 2.45) is 5.10 Å². The fraction of sp³-hybridized carbons (Fsp3) is 0.444. The predicted molar refractivity (Wildman–Crippen MR) is 128 cm³/mol. The zero-order chi connectivity index (χ0) is 25.7. The van der Waals surface area contributed by atoms with Gasteiger partial charge in [0.2, 0.25) is 12.1 Å². The second kappa shape index (κ2) is 9.08. The quantitative estimate of drug-likeness (QED) is 0.610. The van der Waals surface area contributed by atoms with Gasteiger partial charge in [0.1, 0.15) is 5.82 Å². The molecule has 2 fully saturated rings. The van der Waals surface area contributed by atoms with Gasteiger partial charge in [-0.25, -0.2) is 4.39 Å². The molecule has 0 bridgehead atoms. The van der Waals surface area contributed by atoms with E-state index in [1.54, 1.807) is 24.3 Å². The summed E-state index contributed by atoms with van der Waals surface area (Å²) in [7, 11) is 0. The Morgan fingerprint density at radius 3 is 2.59 bits per heavy atom. The molecule has 2 aliphatic carbocycles. The first-order valence-electron chi connectivity index (χ1n) is 12.6. The molecule has 2 saturated carbocycles. The number of benzene rings is 2. The Labute approximate surface area is 212 Å². The minimum atomic E-state index is -2.82. The third-order valence-electron chi connectivity index (χ3n) is 8.01. The number of nitrogens with zero attached hydrogens (tertiary/aromatic N) is 2. The minimum Gasteiger partial charge on any atom is -0.446 e. The molecule has 2 N–H and O–H groups in total. The molecule has 4 aliphatic rings. The van der Waals surface area contributed by atoms with Crippen LogP contribution in [0.15, 0.2) is 47.6 Å². The average Bonchev–Trinajstić information content (AvgIpc) is 3.44. The maximum absolute atomic E-state index is 13.5. The molecule has 0 radical (unpaired) electrons. The first kappa shape index (κ1) is 23.8. The zero-order valence-electron chi connectivity index (χ0n) is 20.1. The average molecular weight is 513 g/mol. The maximum Gasteiger partial charge on any atom is 0.314 e. The first-order valence-corrected chi connectivity index (χ1v) is 12.6. The van der Waals surface area contributed by atoms with Crippen molar-refractivity contribution in [2.45, 2.75) is 75.2 Å². The highest BCUT2D eigenvalue weighted by Gasteiger charge is 2.52. The summed E-state index contributed by atoms with van der Waals surface area (Å²) in [6, 6.07) is 11.0.